The third-order valence-corrected chi connectivity index (χ3v) is 8.08. The first kappa shape index (κ1) is 27.5. The monoisotopic (exact) mass is 572 g/mol. The number of anilines is 3. The molecule has 4 aromatic carbocycles. The second kappa shape index (κ2) is 11.2. The highest BCUT2D eigenvalue weighted by atomic mass is 35.5. The van der Waals surface area contributed by atoms with E-state index in [4.69, 9.17) is 20.8 Å². The van der Waals surface area contributed by atoms with E-state index < -0.39 is 15.6 Å². The summed E-state index contributed by atoms with van der Waals surface area (Å²) in [6.45, 7) is 6.37. The van der Waals surface area contributed by atoms with Crippen LogP contribution in [-0.2, 0) is 0 Å². The lowest BCUT2D eigenvalue weighted by molar-refractivity contribution is 0.374. The van der Waals surface area contributed by atoms with E-state index in [-0.39, 0.29) is 32.8 Å². The molecular weight excluding hydrogens is 543 g/mol. The molecule has 40 heavy (non-hydrogen) atoms. The largest absolute Gasteiger partial charge is 0.548 e. The van der Waals surface area contributed by atoms with Gasteiger partial charge in [-0.2, -0.15) is 0 Å². The molecule has 1 N–H and O–H groups in total. The van der Waals surface area contributed by atoms with Crippen LogP contribution in [0.2, 0.25) is 10.1 Å². The summed E-state index contributed by atoms with van der Waals surface area (Å²) in [5, 5.41) is 11.3. The van der Waals surface area contributed by atoms with Gasteiger partial charge in [0.25, 0.3) is 0 Å². The third-order valence-electron chi connectivity index (χ3n) is 6.39. The Morgan fingerprint density at radius 2 is 1.57 bits per heavy atom. The number of pyridine rings is 1. The molecule has 8 heteroatoms. The fraction of sp³-hybridized carbons (Fsp3) is 0.156. The lowest BCUT2D eigenvalue weighted by Crippen LogP contribution is -2.17. The molecule has 0 bridgehead atoms. The number of aromatic nitrogens is 1. The van der Waals surface area contributed by atoms with Gasteiger partial charge >= 0.3 is 0 Å². The van der Waals surface area contributed by atoms with Crippen LogP contribution in [0.25, 0.3) is 22.0 Å². The number of hydrogen-bond acceptors (Lipinski definition) is 5. The Kier molecular flexibility index (Phi) is 7.69. The number of benzene rings is 4. The van der Waals surface area contributed by atoms with E-state index in [0.717, 1.165) is 5.69 Å². The Morgan fingerprint density at radius 3 is 2.23 bits per heavy atom. The van der Waals surface area contributed by atoms with Crippen molar-refractivity contribution in [1.82, 2.24) is 4.98 Å². The number of nitrogens with zero attached hydrogens (tertiary/aromatic N) is 2. The van der Waals surface area contributed by atoms with Gasteiger partial charge in [0.1, 0.15) is 5.75 Å². The number of phenolic OH excluding ortho intramolecular Hbond substituents is 1. The molecule has 5 aromatic rings. The molecule has 0 atom stereocenters. The average molecular weight is 573 g/mol. The molecule has 0 aliphatic heterocycles. The molecule has 5 nitrogen and oxygen atoms in total. The number of ether oxygens (including phenoxy) is 1. The van der Waals surface area contributed by atoms with Crippen molar-refractivity contribution in [3.8, 4) is 28.4 Å². The summed E-state index contributed by atoms with van der Waals surface area (Å²) in [7, 11) is 0.415. The van der Waals surface area contributed by atoms with Crippen molar-refractivity contribution >= 4 is 49.3 Å². The number of methoxy groups -OCH3 is 1. The van der Waals surface area contributed by atoms with E-state index >= 15 is 4.39 Å². The molecule has 0 unspecified atom stereocenters. The molecule has 0 amide bonds. The lowest BCUT2D eigenvalue weighted by Gasteiger charge is -2.29. The van der Waals surface area contributed by atoms with Gasteiger partial charge in [-0.1, -0.05) is 80.9 Å². The van der Waals surface area contributed by atoms with E-state index in [9.17, 15) is 5.11 Å². The van der Waals surface area contributed by atoms with Crippen molar-refractivity contribution < 1.29 is 18.7 Å². The van der Waals surface area contributed by atoms with Crippen LogP contribution in [0, 0.1) is 5.82 Å². The Bertz CT molecular complexity index is 1660. The number of halogens is 2. The van der Waals surface area contributed by atoms with Crippen LogP contribution in [0.15, 0.2) is 91.1 Å². The number of phenols is 1. The number of aromatic hydroxyl groups is 1. The molecule has 5 rings (SSSR count). The summed E-state index contributed by atoms with van der Waals surface area (Å²) in [4.78, 5) is 6.27. The quantitative estimate of drug-likeness (QED) is 0.198. The maximum atomic E-state index is 16.9. The van der Waals surface area contributed by atoms with Gasteiger partial charge in [0.05, 0.1) is 29.0 Å². The van der Waals surface area contributed by atoms with Gasteiger partial charge in [0, 0.05) is 35.0 Å². The zero-order valence-corrected chi connectivity index (χ0v) is 25.0. The lowest BCUT2D eigenvalue weighted by atomic mass is 10.0. The van der Waals surface area contributed by atoms with Crippen LogP contribution in [0.5, 0.6) is 17.2 Å². The van der Waals surface area contributed by atoms with Crippen molar-refractivity contribution in [2.45, 2.75) is 25.8 Å². The van der Waals surface area contributed by atoms with Gasteiger partial charge in [-0.15, -0.1) is 0 Å². The Balaban J connectivity index is 1.83. The molecule has 0 saturated carbocycles. The second-order valence-electron chi connectivity index (χ2n) is 10.7. The predicted molar refractivity (Wildman–Crippen MR) is 164 cm³/mol. The summed E-state index contributed by atoms with van der Waals surface area (Å²) in [6, 6.07) is 25.5. The average Bonchev–Trinajstić information content (AvgIpc) is 2.94. The predicted octanol–water partition coefficient (Wildman–Crippen LogP) is 8.56. The second-order valence-corrected chi connectivity index (χ2v) is 13.7. The molecule has 0 aliphatic carbocycles. The summed E-state index contributed by atoms with van der Waals surface area (Å²) in [5.74, 6) is 0.211. The maximum absolute atomic E-state index is 16.9. The normalized spacial score (nSPS) is 11.8. The molecule has 0 fully saturated rings. The number of hydrogen-bond donors (Lipinski definition) is 1. The summed E-state index contributed by atoms with van der Waals surface area (Å²) in [5.41, 5.74) is 3.09. The van der Waals surface area contributed by atoms with Crippen molar-refractivity contribution in [2.24, 2.45) is 0 Å². The Hall–Kier alpha value is -4.07. The summed E-state index contributed by atoms with van der Waals surface area (Å²) in [6.07, 6.45) is 1.63. The van der Waals surface area contributed by atoms with Gasteiger partial charge in [-0.25, -0.2) is 4.39 Å². The first-order chi connectivity index (χ1) is 19.2. The van der Waals surface area contributed by atoms with E-state index in [0.29, 0.717) is 27.9 Å². The first-order valence-corrected chi connectivity index (χ1v) is 14.6. The third kappa shape index (κ3) is 5.48. The van der Waals surface area contributed by atoms with Crippen LogP contribution >= 0.6 is 11.6 Å². The highest BCUT2D eigenvalue weighted by Crippen LogP contribution is 2.48. The van der Waals surface area contributed by atoms with Crippen molar-refractivity contribution in [3.63, 3.8) is 0 Å². The van der Waals surface area contributed by atoms with Crippen LogP contribution in [0.3, 0.4) is 0 Å². The number of rotatable bonds is 7. The van der Waals surface area contributed by atoms with Crippen molar-refractivity contribution in [2.75, 3.05) is 12.0 Å². The topological polar surface area (TPSA) is 54.8 Å². The van der Waals surface area contributed by atoms with E-state index in [2.05, 4.69) is 25.8 Å². The number of para-hydroxylation sites is 1. The van der Waals surface area contributed by atoms with Crippen LogP contribution in [0.1, 0.15) is 20.8 Å². The van der Waals surface area contributed by atoms with Gasteiger partial charge in [0.15, 0.2) is 17.3 Å². The molecule has 0 radical (unpaired) electrons. The van der Waals surface area contributed by atoms with Gasteiger partial charge in [-0.3, -0.25) is 4.98 Å². The van der Waals surface area contributed by atoms with Crippen LogP contribution in [0.4, 0.5) is 21.5 Å². The highest BCUT2D eigenvalue weighted by Gasteiger charge is 2.27. The van der Waals surface area contributed by atoms with Crippen molar-refractivity contribution in [1.29, 1.82) is 0 Å². The fourth-order valence-corrected chi connectivity index (χ4v) is 5.72. The van der Waals surface area contributed by atoms with E-state index in [1.54, 1.807) is 18.3 Å². The summed E-state index contributed by atoms with van der Waals surface area (Å²) >= 11 is 6.88. The van der Waals surface area contributed by atoms with E-state index in [1.807, 2.05) is 71.6 Å². The molecule has 0 spiro atoms. The molecule has 0 saturated heterocycles. The van der Waals surface area contributed by atoms with Gasteiger partial charge in [0.2, 0.25) is 9.76 Å². The minimum absolute atomic E-state index is 0.0102. The molecule has 0 aliphatic rings. The standard InChI is InChI=1S/C32H30ClFN2O3Si/c1-32(2,3)40-39-28-19-25(31(34)29(30(28)33)20-11-7-5-8-12-20)36(21-13-9-6-10-14-21)24-15-16-35-23-18-26(37)27(38-4)17-22(23)24/h5-19,37H,40H2,1-4H3. The summed E-state index contributed by atoms with van der Waals surface area (Å²) < 4.78 is 28.6. The van der Waals surface area contributed by atoms with E-state index in [1.165, 1.54) is 13.2 Å². The zero-order chi connectivity index (χ0) is 28.4. The minimum Gasteiger partial charge on any atom is -0.548 e. The smallest absolute Gasteiger partial charge is 0.224 e. The number of fused-ring (bicyclic) bond motifs is 1. The SMILES string of the molecule is COc1cc2c(N(c3ccccc3)c3cc(O[SiH2]C(C)(C)C)c(Cl)c(-c4ccccc4)c3F)ccnc2cc1O. The zero-order valence-electron chi connectivity index (χ0n) is 22.8. The highest BCUT2D eigenvalue weighted by molar-refractivity contribution is 6.37. The van der Waals surface area contributed by atoms with Gasteiger partial charge in [-0.05, 0) is 34.9 Å². The first-order valence-electron chi connectivity index (χ1n) is 12.9. The molecule has 204 valence electrons. The maximum Gasteiger partial charge on any atom is 0.224 e. The molecule has 1 heterocycles. The van der Waals surface area contributed by atoms with Crippen molar-refractivity contribution in [3.05, 3.63) is 102 Å². The minimum atomic E-state index is -1.07. The van der Waals surface area contributed by atoms with Crippen LogP contribution in [-0.4, -0.2) is 27.0 Å². The fourth-order valence-electron chi connectivity index (χ4n) is 4.51. The van der Waals surface area contributed by atoms with Crippen LogP contribution < -0.4 is 14.1 Å². The van der Waals surface area contributed by atoms with Gasteiger partial charge < -0.3 is 19.2 Å². The molecular formula is C32H30ClFN2O3Si. The Morgan fingerprint density at radius 1 is 0.900 bits per heavy atom. The molecule has 1 aromatic heterocycles. The Labute approximate surface area is 240 Å².